The third-order valence-corrected chi connectivity index (χ3v) is 8.11. The zero-order chi connectivity index (χ0) is 29.7. The predicted octanol–water partition coefficient (Wildman–Crippen LogP) is 1.57. The Hall–Kier alpha value is -5.53. The molecule has 218 valence electrons. The lowest BCUT2D eigenvalue weighted by Gasteiger charge is -2.36. The number of anilines is 1. The Morgan fingerprint density at radius 3 is 2.63 bits per heavy atom. The summed E-state index contributed by atoms with van der Waals surface area (Å²) in [7, 11) is 0. The van der Waals surface area contributed by atoms with Crippen molar-refractivity contribution in [2.45, 2.75) is 19.0 Å². The van der Waals surface area contributed by atoms with Crippen LogP contribution in [0, 0.1) is 6.92 Å². The summed E-state index contributed by atoms with van der Waals surface area (Å²) < 4.78 is 6.16. The van der Waals surface area contributed by atoms with Gasteiger partial charge in [-0.1, -0.05) is 22.9 Å². The molecule has 2 saturated heterocycles. The van der Waals surface area contributed by atoms with Gasteiger partial charge in [-0.25, -0.2) is 9.78 Å². The molecule has 0 unspecified atom stereocenters. The van der Waals surface area contributed by atoms with Gasteiger partial charge in [0.15, 0.2) is 17.0 Å². The SMILES string of the molecule is Cc1ccc2c(c1)C(=O)N(C[C@@]1(c3cc4ncc(C(=NO)N5CCN(c6cnccn6)CC5)cc4o3)NC(=O)NC1=O)C2. The van der Waals surface area contributed by atoms with Crippen LogP contribution in [0.5, 0.6) is 0 Å². The van der Waals surface area contributed by atoms with E-state index in [2.05, 4.69) is 35.6 Å². The maximum atomic E-state index is 13.3. The molecule has 6 heterocycles. The Kier molecular flexibility index (Phi) is 6.18. The molecule has 0 bridgehead atoms. The van der Waals surface area contributed by atoms with E-state index in [0.29, 0.717) is 60.8 Å². The average molecular weight is 582 g/mol. The number of amides is 4. The standard InChI is InChI=1S/C29H27N9O5/c1-17-2-3-18-15-38(26(39)20(18)10-17)16-29(27(40)33-28(41)34-29)23-12-21-22(43-23)11-19(13-32-21)25(35-42)37-8-6-36(7-9-37)24-14-30-4-5-31-24/h2-5,10-14,42H,6-9,15-16H2,1H3,(H2,33,34,40,41)/t29-/m0/s1. The summed E-state index contributed by atoms with van der Waals surface area (Å²) in [6.45, 7) is 4.50. The highest BCUT2D eigenvalue weighted by molar-refractivity contribution is 6.08. The Morgan fingerprint density at radius 2 is 1.91 bits per heavy atom. The van der Waals surface area contributed by atoms with Crippen molar-refractivity contribution in [2.24, 2.45) is 5.16 Å². The van der Waals surface area contributed by atoms with Gasteiger partial charge in [0, 0.05) is 68.5 Å². The molecule has 4 amide bonds. The van der Waals surface area contributed by atoms with Crippen LogP contribution in [0.3, 0.4) is 0 Å². The van der Waals surface area contributed by atoms with Gasteiger partial charge in [-0.05, 0) is 24.6 Å². The van der Waals surface area contributed by atoms with E-state index in [1.165, 1.54) is 4.90 Å². The summed E-state index contributed by atoms with van der Waals surface area (Å²) in [5, 5.41) is 18.5. The lowest BCUT2D eigenvalue weighted by molar-refractivity contribution is -0.125. The molecular formula is C29H27N9O5. The normalized spacial score (nSPS) is 20.5. The lowest BCUT2D eigenvalue weighted by Crippen LogP contribution is -2.52. The lowest BCUT2D eigenvalue weighted by atomic mass is 9.95. The monoisotopic (exact) mass is 581 g/mol. The van der Waals surface area contributed by atoms with Crippen LogP contribution in [0.15, 0.2) is 64.7 Å². The fraction of sp³-hybridized carbons (Fsp3) is 0.276. The molecule has 1 atom stereocenters. The van der Waals surface area contributed by atoms with Gasteiger partial charge < -0.3 is 29.6 Å². The summed E-state index contributed by atoms with van der Waals surface area (Å²) >= 11 is 0. The summed E-state index contributed by atoms with van der Waals surface area (Å²) in [6, 6.07) is 8.22. The van der Waals surface area contributed by atoms with Crippen LogP contribution in [0.4, 0.5) is 10.6 Å². The first kappa shape index (κ1) is 26.4. The van der Waals surface area contributed by atoms with Crippen molar-refractivity contribution in [3.05, 3.63) is 83.1 Å². The Labute approximate surface area is 245 Å². The number of piperazine rings is 1. The number of fused-ring (bicyclic) bond motifs is 2. The van der Waals surface area contributed by atoms with Crippen molar-refractivity contribution >= 4 is 40.6 Å². The average Bonchev–Trinajstić information content (AvgIpc) is 3.67. The Balaban J connectivity index is 1.16. The first-order chi connectivity index (χ1) is 20.8. The molecule has 0 saturated carbocycles. The number of amidine groups is 1. The van der Waals surface area contributed by atoms with Crippen molar-refractivity contribution < 1.29 is 24.0 Å². The van der Waals surface area contributed by atoms with Crippen LogP contribution >= 0.6 is 0 Å². The van der Waals surface area contributed by atoms with Crippen LogP contribution in [-0.4, -0.2) is 86.4 Å². The molecule has 0 spiro atoms. The zero-order valence-electron chi connectivity index (χ0n) is 23.1. The molecule has 43 heavy (non-hydrogen) atoms. The number of furan rings is 1. The summed E-state index contributed by atoms with van der Waals surface area (Å²) in [5.41, 5.74) is 1.99. The number of oxime groups is 1. The van der Waals surface area contributed by atoms with Crippen LogP contribution in [-0.2, 0) is 16.9 Å². The highest BCUT2D eigenvalue weighted by Crippen LogP contribution is 2.34. The number of pyridine rings is 1. The predicted molar refractivity (Wildman–Crippen MR) is 152 cm³/mol. The highest BCUT2D eigenvalue weighted by Gasteiger charge is 2.53. The van der Waals surface area contributed by atoms with Gasteiger partial charge in [0.05, 0.1) is 12.7 Å². The number of benzene rings is 1. The number of carbonyl (C=O) groups excluding carboxylic acids is 3. The first-order valence-electron chi connectivity index (χ1n) is 13.8. The van der Waals surface area contributed by atoms with Crippen molar-refractivity contribution in [2.75, 3.05) is 37.6 Å². The van der Waals surface area contributed by atoms with E-state index in [0.717, 1.165) is 16.9 Å². The van der Waals surface area contributed by atoms with Crippen LogP contribution in [0.25, 0.3) is 11.1 Å². The number of hydrogen-bond donors (Lipinski definition) is 3. The van der Waals surface area contributed by atoms with Gasteiger partial charge in [-0.2, -0.15) is 0 Å². The van der Waals surface area contributed by atoms with Crippen LogP contribution in [0.1, 0.15) is 32.8 Å². The topological polar surface area (TPSA) is 169 Å². The van der Waals surface area contributed by atoms with E-state index >= 15 is 0 Å². The van der Waals surface area contributed by atoms with Gasteiger partial charge >= 0.3 is 6.03 Å². The molecule has 3 aromatic heterocycles. The summed E-state index contributed by atoms with van der Waals surface area (Å²) in [6.07, 6.45) is 6.55. The van der Waals surface area contributed by atoms with Crippen molar-refractivity contribution in [3.8, 4) is 0 Å². The van der Waals surface area contributed by atoms with E-state index in [1.54, 1.807) is 36.9 Å². The van der Waals surface area contributed by atoms with Crippen molar-refractivity contribution in [3.63, 3.8) is 0 Å². The molecule has 14 heteroatoms. The minimum atomic E-state index is -1.66. The van der Waals surface area contributed by atoms with Crippen molar-refractivity contribution in [1.29, 1.82) is 0 Å². The quantitative estimate of drug-likeness (QED) is 0.103. The number of hydrogen-bond acceptors (Lipinski definition) is 10. The number of aromatic nitrogens is 3. The van der Waals surface area contributed by atoms with Gasteiger partial charge in [0.1, 0.15) is 17.1 Å². The Morgan fingerprint density at radius 1 is 1.07 bits per heavy atom. The fourth-order valence-corrected chi connectivity index (χ4v) is 5.90. The van der Waals surface area contributed by atoms with Gasteiger partial charge in [0.25, 0.3) is 11.8 Å². The number of nitrogens with one attached hydrogen (secondary N) is 2. The van der Waals surface area contributed by atoms with Crippen molar-refractivity contribution in [1.82, 2.24) is 35.4 Å². The van der Waals surface area contributed by atoms with Gasteiger partial charge in [0.2, 0.25) is 0 Å². The number of aryl methyl sites for hydroxylation is 1. The zero-order valence-corrected chi connectivity index (χ0v) is 23.1. The van der Waals surface area contributed by atoms with E-state index in [1.807, 2.05) is 30.0 Å². The Bertz CT molecular complexity index is 1800. The molecule has 4 aromatic rings. The number of carbonyl (C=O) groups is 3. The molecule has 3 N–H and O–H groups in total. The molecule has 7 rings (SSSR count). The largest absolute Gasteiger partial charge is 0.456 e. The third kappa shape index (κ3) is 4.47. The maximum absolute atomic E-state index is 13.3. The van der Waals surface area contributed by atoms with Gasteiger partial charge in [-0.3, -0.25) is 24.9 Å². The minimum absolute atomic E-state index is 0.135. The smallest absolute Gasteiger partial charge is 0.322 e. The van der Waals surface area contributed by atoms with E-state index in [4.69, 9.17) is 4.42 Å². The van der Waals surface area contributed by atoms with Crippen LogP contribution < -0.4 is 15.5 Å². The fourth-order valence-electron chi connectivity index (χ4n) is 5.90. The molecule has 3 aliphatic heterocycles. The van der Waals surface area contributed by atoms with Crippen LogP contribution in [0.2, 0.25) is 0 Å². The van der Waals surface area contributed by atoms with Gasteiger partial charge in [-0.15, -0.1) is 0 Å². The number of urea groups is 1. The summed E-state index contributed by atoms with van der Waals surface area (Å²) in [5.74, 6) is 0.378. The first-order valence-corrected chi connectivity index (χ1v) is 13.8. The molecule has 3 aliphatic rings. The summed E-state index contributed by atoms with van der Waals surface area (Å²) in [4.78, 5) is 57.5. The molecule has 14 nitrogen and oxygen atoms in total. The molecule has 2 fully saturated rings. The third-order valence-electron chi connectivity index (χ3n) is 8.11. The molecule has 0 aliphatic carbocycles. The molecule has 1 aromatic carbocycles. The minimum Gasteiger partial charge on any atom is -0.456 e. The number of rotatable bonds is 5. The highest BCUT2D eigenvalue weighted by atomic mass is 16.4. The maximum Gasteiger partial charge on any atom is 0.322 e. The second kappa shape index (κ2) is 10.1. The molecule has 0 radical (unpaired) electrons. The van der Waals surface area contributed by atoms with E-state index in [9.17, 15) is 19.6 Å². The number of nitrogens with zero attached hydrogens (tertiary/aromatic N) is 7. The second-order valence-corrected chi connectivity index (χ2v) is 10.8. The second-order valence-electron chi connectivity index (χ2n) is 10.8. The molecular weight excluding hydrogens is 554 g/mol. The number of imide groups is 1. The van der Waals surface area contributed by atoms with E-state index in [-0.39, 0.29) is 18.2 Å². The van der Waals surface area contributed by atoms with E-state index < -0.39 is 17.5 Å².